The Labute approximate surface area is 252 Å². The molecule has 220 valence electrons. The van der Waals surface area contributed by atoms with Gasteiger partial charge >= 0.3 is 23.8 Å². The number of esters is 2. The van der Waals surface area contributed by atoms with Crippen LogP contribution < -0.4 is 15.5 Å². The first-order chi connectivity index (χ1) is 20.7. The first-order valence-corrected chi connectivity index (χ1v) is 14.8. The number of carbonyl (C=O) groups excluding carboxylic acids is 4. The summed E-state index contributed by atoms with van der Waals surface area (Å²) < 4.78 is 11.0. The Hall–Kier alpha value is -4.83. The third-order valence-corrected chi connectivity index (χ3v) is 8.34. The Kier molecular flexibility index (Phi) is 8.96. The molecule has 4 aromatic rings. The highest BCUT2D eigenvalue weighted by Gasteiger charge is 2.30. The maximum absolute atomic E-state index is 12.9. The summed E-state index contributed by atoms with van der Waals surface area (Å²) in [6, 6.07) is 18.0. The summed E-state index contributed by atoms with van der Waals surface area (Å²) in [4.78, 5) is 52.3. The highest BCUT2D eigenvalue weighted by atomic mass is 32.1. The highest BCUT2D eigenvalue weighted by Crippen LogP contribution is 2.40. The number of aryl methyl sites for hydroxylation is 1. The van der Waals surface area contributed by atoms with E-state index in [2.05, 4.69) is 22.8 Å². The first kappa shape index (κ1) is 29.7. The fraction of sp³-hybridized carbons (Fsp3) is 0.242. The number of fused-ring (bicyclic) bond motifs is 2. The Bertz CT molecular complexity index is 1760. The van der Waals surface area contributed by atoms with Crippen molar-refractivity contribution in [3.63, 3.8) is 0 Å². The number of carbonyl (C=O) groups is 4. The smallest absolute Gasteiger partial charge is 0.343 e. The Morgan fingerprint density at radius 1 is 1.02 bits per heavy atom. The number of hydrogen-bond donors (Lipinski definition) is 2. The van der Waals surface area contributed by atoms with Crippen molar-refractivity contribution in [3.8, 4) is 5.75 Å². The quantitative estimate of drug-likeness (QED) is 0.0910. The van der Waals surface area contributed by atoms with Crippen molar-refractivity contribution >= 4 is 57.1 Å². The van der Waals surface area contributed by atoms with Gasteiger partial charge in [0.2, 0.25) is 0 Å². The van der Waals surface area contributed by atoms with E-state index >= 15 is 0 Å². The van der Waals surface area contributed by atoms with Crippen LogP contribution in [0.1, 0.15) is 62.6 Å². The van der Waals surface area contributed by atoms with Crippen molar-refractivity contribution in [2.75, 3.05) is 11.9 Å². The number of hydrazone groups is 1. The lowest BCUT2D eigenvalue weighted by Crippen LogP contribution is -2.32. The van der Waals surface area contributed by atoms with E-state index in [9.17, 15) is 19.2 Å². The summed E-state index contributed by atoms with van der Waals surface area (Å²) in [6.45, 7) is 5.93. The van der Waals surface area contributed by atoms with Gasteiger partial charge in [0.1, 0.15) is 10.8 Å². The van der Waals surface area contributed by atoms with Crippen LogP contribution in [0.15, 0.2) is 65.8 Å². The van der Waals surface area contributed by atoms with Crippen molar-refractivity contribution in [2.45, 2.75) is 40.0 Å². The van der Waals surface area contributed by atoms with Gasteiger partial charge in [-0.3, -0.25) is 9.59 Å². The molecular formula is C33H31N3O6S. The molecule has 10 heteroatoms. The lowest BCUT2D eigenvalue weighted by Gasteiger charge is -2.18. The molecule has 0 aliphatic heterocycles. The molecule has 1 heterocycles. The third-order valence-electron chi connectivity index (χ3n) is 7.17. The number of hydrogen-bond acceptors (Lipinski definition) is 8. The molecule has 5 rings (SSSR count). The second kappa shape index (κ2) is 13.0. The topological polar surface area (TPSA) is 123 Å². The van der Waals surface area contributed by atoms with Crippen LogP contribution in [0.25, 0.3) is 10.8 Å². The summed E-state index contributed by atoms with van der Waals surface area (Å²) in [5.41, 5.74) is 5.20. The van der Waals surface area contributed by atoms with Gasteiger partial charge in [0, 0.05) is 10.4 Å². The molecule has 0 saturated heterocycles. The minimum atomic E-state index is -1.02. The Balaban J connectivity index is 1.35. The molecule has 9 nitrogen and oxygen atoms in total. The lowest BCUT2D eigenvalue weighted by molar-refractivity contribution is -0.136. The van der Waals surface area contributed by atoms with E-state index in [1.54, 1.807) is 31.2 Å². The zero-order valence-corrected chi connectivity index (χ0v) is 24.9. The molecule has 1 atom stereocenters. The zero-order chi connectivity index (χ0) is 30.5. The molecular weight excluding hydrogens is 566 g/mol. The van der Waals surface area contributed by atoms with Gasteiger partial charge in [-0.25, -0.2) is 15.0 Å². The number of benzene rings is 3. The van der Waals surface area contributed by atoms with E-state index in [1.807, 2.05) is 43.3 Å². The van der Waals surface area contributed by atoms with E-state index < -0.39 is 23.8 Å². The van der Waals surface area contributed by atoms with Crippen LogP contribution in [0.5, 0.6) is 5.75 Å². The van der Waals surface area contributed by atoms with Gasteiger partial charge in [-0.2, -0.15) is 5.10 Å². The molecule has 0 spiro atoms. The van der Waals surface area contributed by atoms with Crippen LogP contribution in [0, 0.1) is 12.8 Å². The number of nitrogens with zero attached hydrogens (tertiary/aromatic N) is 1. The molecule has 1 aliphatic carbocycles. The predicted molar refractivity (Wildman–Crippen MR) is 166 cm³/mol. The molecule has 0 saturated carbocycles. The van der Waals surface area contributed by atoms with Gasteiger partial charge < -0.3 is 14.8 Å². The molecule has 43 heavy (non-hydrogen) atoms. The van der Waals surface area contributed by atoms with Crippen LogP contribution >= 0.6 is 11.3 Å². The number of rotatable bonds is 7. The van der Waals surface area contributed by atoms with Crippen molar-refractivity contribution in [2.24, 2.45) is 11.0 Å². The summed E-state index contributed by atoms with van der Waals surface area (Å²) in [5, 5.41) is 8.48. The molecule has 0 fully saturated rings. The SMILES string of the molecule is CCOC(=O)c1c(NC(=O)C(=O)N/N=C\c2c(OC(=O)c3cccc(C)c3)ccc3ccccc23)sc2c1CC[C@H](C)C2. The normalized spacial score (nSPS) is 14.3. The molecule has 0 unspecified atom stereocenters. The molecule has 1 aliphatic rings. The monoisotopic (exact) mass is 597 g/mol. The van der Waals surface area contributed by atoms with E-state index in [0.29, 0.717) is 34.0 Å². The van der Waals surface area contributed by atoms with Crippen molar-refractivity contribution in [1.82, 2.24) is 5.43 Å². The maximum atomic E-state index is 12.9. The Morgan fingerprint density at radius 3 is 2.63 bits per heavy atom. The third kappa shape index (κ3) is 6.65. The largest absolute Gasteiger partial charge is 0.462 e. The minimum absolute atomic E-state index is 0.193. The zero-order valence-electron chi connectivity index (χ0n) is 24.1. The number of amides is 2. The lowest BCUT2D eigenvalue weighted by atomic mass is 9.88. The number of nitrogens with one attached hydrogen (secondary N) is 2. The summed E-state index contributed by atoms with van der Waals surface area (Å²) in [6.07, 6.45) is 3.76. The molecule has 1 aromatic heterocycles. The van der Waals surface area contributed by atoms with Gasteiger partial charge in [-0.05, 0) is 73.6 Å². The number of thiophene rings is 1. The average molecular weight is 598 g/mol. The van der Waals surface area contributed by atoms with E-state index in [0.717, 1.165) is 39.6 Å². The van der Waals surface area contributed by atoms with Crippen LogP contribution in [-0.2, 0) is 27.2 Å². The fourth-order valence-corrected chi connectivity index (χ4v) is 6.45. The van der Waals surface area contributed by atoms with Crippen LogP contribution in [-0.4, -0.2) is 36.6 Å². The van der Waals surface area contributed by atoms with Crippen molar-refractivity contribution < 1.29 is 28.7 Å². The van der Waals surface area contributed by atoms with Gasteiger partial charge in [0.15, 0.2) is 0 Å². The standard InChI is InChI=1S/C33H31N3O6S/c1-4-41-33(40)28-24-14-12-20(3)17-27(24)43-31(28)35-29(37)30(38)36-34-18-25-23-11-6-5-9-21(23)13-15-26(25)42-32(39)22-10-7-8-19(2)16-22/h5-11,13,15-16,18,20H,4,12,14,17H2,1-3H3,(H,35,37)(H,36,38)/b34-18-/t20-/m0/s1. The van der Waals surface area contributed by atoms with Crippen LogP contribution in [0.3, 0.4) is 0 Å². The summed E-state index contributed by atoms with van der Waals surface area (Å²) in [7, 11) is 0. The Morgan fingerprint density at radius 2 is 1.84 bits per heavy atom. The summed E-state index contributed by atoms with van der Waals surface area (Å²) in [5.74, 6) is -2.36. The average Bonchev–Trinajstić information content (AvgIpc) is 3.34. The van der Waals surface area contributed by atoms with Crippen molar-refractivity contribution in [1.29, 1.82) is 0 Å². The number of anilines is 1. The predicted octanol–water partition coefficient (Wildman–Crippen LogP) is 5.82. The number of ether oxygens (including phenoxy) is 2. The fourth-order valence-electron chi connectivity index (χ4n) is 5.05. The van der Waals surface area contributed by atoms with Gasteiger partial charge in [-0.15, -0.1) is 11.3 Å². The van der Waals surface area contributed by atoms with E-state index in [-0.39, 0.29) is 12.4 Å². The first-order valence-electron chi connectivity index (χ1n) is 14.0. The molecule has 2 amide bonds. The molecule has 0 bridgehead atoms. The maximum Gasteiger partial charge on any atom is 0.343 e. The molecule has 3 aromatic carbocycles. The highest BCUT2D eigenvalue weighted by molar-refractivity contribution is 7.17. The van der Waals surface area contributed by atoms with Crippen LogP contribution in [0.2, 0.25) is 0 Å². The second-order valence-corrected chi connectivity index (χ2v) is 11.5. The van der Waals surface area contributed by atoms with E-state index in [1.165, 1.54) is 17.6 Å². The van der Waals surface area contributed by atoms with Crippen LogP contribution in [0.4, 0.5) is 5.00 Å². The summed E-state index contributed by atoms with van der Waals surface area (Å²) >= 11 is 1.29. The molecule has 0 radical (unpaired) electrons. The van der Waals surface area contributed by atoms with Gasteiger partial charge in [0.25, 0.3) is 0 Å². The van der Waals surface area contributed by atoms with Gasteiger partial charge in [-0.1, -0.05) is 55.0 Å². The van der Waals surface area contributed by atoms with Gasteiger partial charge in [0.05, 0.1) is 23.9 Å². The molecule has 2 N–H and O–H groups in total. The minimum Gasteiger partial charge on any atom is -0.462 e. The van der Waals surface area contributed by atoms with Crippen molar-refractivity contribution in [3.05, 3.63) is 93.4 Å². The second-order valence-electron chi connectivity index (χ2n) is 10.4. The van der Waals surface area contributed by atoms with E-state index in [4.69, 9.17) is 9.47 Å².